The smallest absolute Gasteiger partial charge is 0.225 e. The van der Waals surface area contributed by atoms with Crippen LogP contribution in [-0.2, 0) is 4.79 Å². The van der Waals surface area contributed by atoms with E-state index in [0.29, 0.717) is 12.3 Å². The second-order valence-electron chi connectivity index (χ2n) is 7.60. The number of rotatable bonds is 5. The minimum Gasteiger partial charge on any atom is -0.353 e. The van der Waals surface area contributed by atoms with Gasteiger partial charge in [-0.15, -0.1) is 0 Å². The fourth-order valence-corrected chi connectivity index (χ4v) is 4.15. The summed E-state index contributed by atoms with van der Waals surface area (Å²) in [6, 6.07) is 7.81. The Labute approximate surface area is 166 Å². The number of aromatic nitrogens is 3. The summed E-state index contributed by atoms with van der Waals surface area (Å²) in [6.45, 7) is 5.22. The number of piperidine rings is 1. The summed E-state index contributed by atoms with van der Waals surface area (Å²) in [4.78, 5) is 32.4. The topological polar surface area (TPSA) is 65.5 Å². The lowest BCUT2D eigenvalue weighted by Crippen LogP contribution is -2.49. The maximum absolute atomic E-state index is 12.7. The number of nitrogens with zero attached hydrogens (tertiary/aromatic N) is 6. The van der Waals surface area contributed by atoms with Crippen molar-refractivity contribution in [3.63, 3.8) is 0 Å². The van der Waals surface area contributed by atoms with Crippen molar-refractivity contribution < 1.29 is 4.79 Å². The van der Waals surface area contributed by atoms with Crippen molar-refractivity contribution in [2.75, 3.05) is 49.1 Å². The van der Waals surface area contributed by atoms with Crippen LogP contribution in [0, 0.1) is 5.92 Å². The summed E-state index contributed by atoms with van der Waals surface area (Å²) < 4.78 is 0. The van der Waals surface area contributed by atoms with Crippen LogP contribution in [0.25, 0.3) is 0 Å². The highest BCUT2D eigenvalue weighted by atomic mass is 16.2. The van der Waals surface area contributed by atoms with Gasteiger partial charge in [0.2, 0.25) is 11.9 Å². The van der Waals surface area contributed by atoms with Gasteiger partial charge in [0.05, 0.1) is 0 Å². The van der Waals surface area contributed by atoms with E-state index in [0.717, 1.165) is 63.9 Å². The van der Waals surface area contributed by atoms with E-state index in [1.54, 1.807) is 12.4 Å². The SMILES string of the molecule is O=C(CC[C@H]1CCCN(c2ncccn2)C1)N1CCN(c2ccccn2)CC1. The van der Waals surface area contributed by atoms with Crippen LogP contribution in [0.15, 0.2) is 42.9 Å². The summed E-state index contributed by atoms with van der Waals surface area (Å²) in [6.07, 6.45) is 9.31. The minimum absolute atomic E-state index is 0.286. The van der Waals surface area contributed by atoms with Gasteiger partial charge in [0.15, 0.2) is 0 Å². The van der Waals surface area contributed by atoms with E-state index >= 15 is 0 Å². The molecule has 2 aromatic rings. The molecule has 7 nitrogen and oxygen atoms in total. The Kier molecular flexibility index (Phi) is 5.99. The fraction of sp³-hybridized carbons (Fsp3) is 0.524. The average Bonchev–Trinajstić information content (AvgIpc) is 2.79. The molecule has 0 N–H and O–H groups in total. The van der Waals surface area contributed by atoms with Crippen LogP contribution in [0.1, 0.15) is 25.7 Å². The van der Waals surface area contributed by atoms with Gasteiger partial charge in [0.25, 0.3) is 0 Å². The molecule has 0 spiro atoms. The van der Waals surface area contributed by atoms with Crippen molar-refractivity contribution in [3.05, 3.63) is 42.9 Å². The van der Waals surface area contributed by atoms with Crippen LogP contribution in [-0.4, -0.2) is 65.0 Å². The number of carbonyl (C=O) groups excluding carboxylic acids is 1. The summed E-state index contributed by atoms with van der Waals surface area (Å²) in [7, 11) is 0. The van der Waals surface area contributed by atoms with Gasteiger partial charge in [0, 0.05) is 64.3 Å². The van der Waals surface area contributed by atoms with Crippen molar-refractivity contribution in [1.29, 1.82) is 0 Å². The summed E-state index contributed by atoms with van der Waals surface area (Å²) >= 11 is 0. The number of carbonyl (C=O) groups is 1. The summed E-state index contributed by atoms with van der Waals surface area (Å²) in [5.74, 6) is 2.63. The quantitative estimate of drug-likeness (QED) is 0.792. The molecule has 0 unspecified atom stereocenters. The highest BCUT2D eigenvalue weighted by Gasteiger charge is 2.25. The number of hydrogen-bond donors (Lipinski definition) is 0. The molecular formula is C21H28N6O. The first kappa shape index (κ1) is 18.7. The average molecular weight is 380 g/mol. The molecular weight excluding hydrogens is 352 g/mol. The van der Waals surface area contributed by atoms with E-state index in [2.05, 4.69) is 24.8 Å². The molecule has 0 saturated carbocycles. The van der Waals surface area contributed by atoms with E-state index in [4.69, 9.17) is 0 Å². The highest BCUT2D eigenvalue weighted by molar-refractivity contribution is 5.76. The highest BCUT2D eigenvalue weighted by Crippen LogP contribution is 2.24. The normalized spacial score (nSPS) is 20.3. The summed E-state index contributed by atoms with van der Waals surface area (Å²) in [5.41, 5.74) is 0. The van der Waals surface area contributed by atoms with Crippen LogP contribution in [0.3, 0.4) is 0 Å². The Morgan fingerprint density at radius 1 is 0.929 bits per heavy atom. The third-order valence-electron chi connectivity index (χ3n) is 5.73. The zero-order valence-electron chi connectivity index (χ0n) is 16.3. The Hall–Kier alpha value is -2.70. The third kappa shape index (κ3) is 4.58. The zero-order valence-corrected chi connectivity index (χ0v) is 16.3. The minimum atomic E-state index is 0.286. The molecule has 28 heavy (non-hydrogen) atoms. The van der Waals surface area contributed by atoms with Crippen molar-refractivity contribution in [2.24, 2.45) is 5.92 Å². The maximum atomic E-state index is 12.7. The molecule has 0 radical (unpaired) electrons. The van der Waals surface area contributed by atoms with Gasteiger partial charge in [-0.25, -0.2) is 15.0 Å². The number of piperazine rings is 1. The van der Waals surface area contributed by atoms with Crippen molar-refractivity contribution in [1.82, 2.24) is 19.9 Å². The predicted molar refractivity (Wildman–Crippen MR) is 109 cm³/mol. The molecule has 7 heteroatoms. The molecule has 0 aromatic carbocycles. The van der Waals surface area contributed by atoms with Gasteiger partial charge < -0.3 is 14.7 Å². The molecule has 0 bridgehead atoms. The van der Waals surface area contributed by atoms with Gasteiger partial charge in [-0.1, -0.05) is 6.07 Å². The zero-order chi connectivity index (χ0) is 19.2. The largest absolute Gasteiger partial charge is 0.353 e. The second-order valence-corrected chi connectivity index (χ2v) is 7.60. The first-order valence-electron chi connectivity index (χ1n) is 10.3. The van der Waals surface area contributed by atoms with E-state index < -0.39 is 0 Å². The third-order valence-corrected chi connectivity index (χ3v) is 5.73. The van der Waals surface area contributed by atoms with Crippen LogP contribution >= 0.6 is 0 Å². The molecule has 2 aromatic heterocycles. The van der Waals surface area contributed by atoms with Crippen LogP contribution in [0.4, 0.5) is 11.8 Å². The number of anilines is 2. The van der Waals surface area contributed by atoms with Crippen LogP contribution < -0.4 is 9.80 Å². The van der Waals surface area contributed by atoms with Crippen molar-refractivity contribution in [2.45, 2.75) is 25.7 Å². The van der Waals surface area contributed by atoms with Gasteiger partial charge in [0.1, 0.15) is 5.82 Å². The Morgan fingerprint density at radius 3 is 2.46 bits per heavy atom. The number of amides is 1. The van der Waals surface area contributed by atoms with Crippen LogP contribution in [0.5, 0.6) is 0 Å². The lowest BCUT2D eigenvalue weighted by atomic mass is 9.93. The summed E-state index contributed by atoms with van der Waals surface area (Å²) in [5, 5.41) is 0. The Morgan fingerprint density at radius 2 is 1.71 bits per heavy atom. The molecule has 4 rings (SSSR count). The van der Waals surface area contributed by atoms with Gasteiger partial charge in [-0.05, 0) is 43.4 Å². The van der Waals surface area contributed by atoms with E-state index in [1.807, 2.05) is 35.4 Å². The molecule has 148 valence electrons. The molecule has 2 aliphatic rings. The van der Waals surface area contributed by atoms with E-state index in [1.165, 1.54) is 6.42 Å². The van der Waals surface area contributed by atoms with E-state index in [9.17, 15) is 4.79 Å². The standard InChI is InChI=1S/C21H28N6O/c28-20(26-15-13-25(14-16-26)19-6-1-2-9-22-19)8-7-18-5-3-12-27(17-18)21-23-10-4-11-24-21/h1-2,4,6,9-11,18H,3,5,7-8,12-17H2/t18-/m1/s1. The van der Waals surface area contributed by atoms with Gasteiger partial charge >= 0.3 is 0 Å². The van der Waals surface area contributed by atoms with Crippen molar-refractivity contribution in [3.8, 4) is 0 Å². The first-order chi connectivity index (χ1) is 13.8. The second kappa shape index (κ2) is 8.99. The molecule has 2 fully saturated rings. The van der Waals surface area contributed by atoms with E-state index in [-0.39, 0.29) is 5.91 Å². The number of pyridine rings is 1. The predicted octanol–water partition coefficient (Wildman–Crippen LogP) is 2.22. The fourth-order valence-electron chi connectivity index (χ4n) is 4.15. The molecule has 1 atom stereocenters. The van der Waals surface area contributed by atoms with Crippen LogP contribution in [0.2, 0.25) is 0 Å². The monoisotopic (exact) mass is 380 g/mol. The van der Waals surface area contributed by atoms with Crippen molar-refractivity contribution >= 4 is 17.7 Å². The Bertz CT molecular complexity index is 748. The molecule has 2 saturated heterocycles. The molecule has 2 aliphatic heterocycles. The lowest BCUT2D eigenvalue weighted by molar-refractivity contribution is -0.131. The molecule has 1 amide bonds. The van der Waals surface area contributed by atoms with Gasteiger partial charge in [-0.3, -0.25) is 4.79 Å². The number of hydrogen-bond acceptors (Lipinski definition) is 6. The Balaban J connectivity index is 1.22. The maximum Gasteiger partial charge on any atom is 0.225 e. The van der Waals surface area contributed by atoms with Gasteiger partial charge in [-0.2, -0.15) is 0 Å². The molecule has 4 heterocycles. The first-order valence-corrected chi connectivity index (χ1v) is 10.3. The lowest BCUT2D eigenvalue weighted by Gasteiger charge is -2.36. The molecule has 0 aliphatic carbocycles.